The molecule has 0 radical (unpaired) electrons. The van der Waals surface area contributed by atoms with Crippen LogP contribution in [0.25, 0.3) is 0 Å². The predicted octanol–water partition coefficient (Wildman–Crippen LogP) is -0.899. The molecule has 1 aliphatic rings. The molecule has 0 aromatic carbocycles. The van der Waals surface area contributed by atoms with Gasteiger partial charge in [0.1, 0.15) is 5.69 Å². The van der Waals surface area contributed by atoms with E-state index in [-0.39, 0.29) is 11.8 Å². The molecule has 104 valence electrons. The monoisotopic (exact) mass is 265 g/mol. The molecule has 2 rings (SSSR count). The van der Waals surface area contributed by atoms with Crippen LogP contribution in [-0.4, -0.2) is 66.4 Å². The van der Waals surface area contributed by atoms with Crippen molar-refractivity contribution in [2.24, 2.45) is 0 Å². The quantitative estimate of drug-likeness (QED) is 0.660. The molecule has 0 atom stereocenters. The van der Waals surface area contributed by atoms with Gasteiger partial charge in [0, 0.05) is 45.1 Å². The van der Waals surface area contributed by atoms with E-state index in [9.17, 15) is 9.59 Å². The first kappa shape index (κ1) is 13.4. The lowest BCUT2D eigenvalue weighted by atomic mass is 10.2. The molecule has 0 unspecified atom stereocenters. The highest BCUT2D eigenvalue weighted by Gasteiger charge is 2.23. The number of nitrogens with zero attached hydrogens (tertiary/aromatic N) is 2. The fraction of sp³-hybridized carbons (Fsp3) is 0.500. The number of anilines is 1. The maximum Gasteiger partial charge on any atom is 0.270 e. The van der Waals surface area contributed by atoms with Crippen molar-refractivity contribution in [3.8, 4) is 0 Å². The van der Waals surface area contributed by atoms with Crippen LogP contribution in [0.15, 0.2) is 12.3 Å². The van der Waals surface area contributed by atoms with Gasteiger partial charge in [-0.15, -0.1) is 0 Å². The van der Waals surface area contributed by atoms with Crippen LogP contribution in [0.2, 0.25) is 0 Å². The highest BCUT2D eigenvalue weighted by atomic mass is 16.2. The first-order valence-electron chi connectivity index (χ1n) is 6.26. The van der Waals surface area contributed by atoms with Gasteiger partial charge in [-0.2, -0.15) is 0 Å². The first-order chi connectivity index (χ1) is 9.10. The second kappa shape index (κ2) is 5.75. The van der Waals surface area contributed by atoms with Crippen LogP contribution in [0.4, 0.5) is 5.69 Å². The number of hydrogen-bond acceptors (Lipinski definition) is 4. The molecular weight excluding hydrogens is 246 g/mol. The lowest BCUT2D eigenvalue weighted by Gasteiger charge is -2.34. The summed E-state index contributed by atoms with van der Waals surface area (Å²) >= 11 is 0. The summed E-state index contributed by atoms with van der Waals surface area (Å²) in [5, 5.41) is 2.59. The Morgan fingerprint density at radius 1 is 1.37 bits per heavy atom. The van der Waals surface area contributed by atoms with E-state index >= 15 is 0 Å². The van der Waals surface area contributed by atoms with Gasteiger partial charge in [-0.1, -0.05) is 0 Å². The second-order valence-corrected chi connectivity index (χ2v) is 4.59. The molecule has 0 aliphatic carbocycles. The number of carbonyl (C=O) groups excluding carboxylic acids is 2. The van der Waals surface area contributed by atoms with Crippen LogP contribution in [0, 0.1) is 0 Å². The zero-order chi connectivity index (χ0) is 13.8. The molecule has 1 aromatic rings. The minimum absolute atomic E-state index is 0.00285. The van der Waals surface area contributed by atoms with Gasteiger partial charge in [-0.05, 0) is 6.07 Å². The van der Waals surface area contributed by atoms with E-state index < -0.39 is 0 Å². The van der Waals surface area contributed by atoms with Crippen LogP contribution in [0.5, 0.6) is 0 Å². The van der Waals surface area contributed by atoms with Crippen molar-refractivity contribution in [1.82, 2.24) is 20.1 Å². The normalized spacial score (nSPS) is 16.4. The Morgan fingerprint density at radius 3 is 2.58 bits per heavy atom. The average Bonchev–Trinajstić information content (AvgIpc) is 2.85. The third-order valence-corrected chi connectivity index (χ3v) is 3.24. The number of aromatic amines is 1. The molecule has 7 nitrogen and oxygen atoms in total. The molecule has 1 saturated heterocycles. The average molecular weight is 265 g/mol. The lowest BCUT2D eigenvalue weighted by Crippen LogP contribution is -2.50. The van der Waals surface area contributed by atoms with Crippen molar-refractivity contribution in [3.63, 3.8) is 0 Å². The molecule has 2 amide bonds. The van der Waals surface area contributed by atoms with Crippen LogP contribution in [0.3, 0.4) is 0 Å². The summed E-state index contributed by atoms with van der Waals surface area (Å²) in [5.41, 5.74) is 6.65. The van der Waals surface area contributed by atoms with Crippen LogP contribution >= 0.6 is 0 Å². The fourth-order valence-corrected chi connectivity index (χ4v) is 2.10. The van der Waals surface area contributed by atoms with E-state index in [4.69, 9.17) is 5.73 Å². The van der Waals surface area contributed by atoms with Crippen molar-refractivity contribution in [2.75, 3.05) is 45.5 Å². The van der Waals surface area contributed by atoms with Gasteiger partial charge < -0.3 is 20.9 Å². The van der Waals surface area contributed by atoms with E-state index in [1.54, 1.807) is 24.2 Å². The third-order valence-electron chi connectivity index (χ3n) is 3.24. The van der Waals surface area contributed by atoms with Crippen LogP contribution in [0.1, 0.15) is 10.5 Å². The van der Waals surface area contributed by atoms with E-state index in [0.29, 0.717) is 44.1 Å². The number of rotatable bonds is 3. The molecule has 0 spiro atoms. The Labute approximate surface area is 111 Å². The number of nitrogens with one attached hydrogen (secondary N) is 2. The molecular formula is C12H19N5O2. The largest absolute Gasteiger partial charge is 0.397 e. The van der Waals surface area contributed by atoms with Gasteiger partial charge in [0.25, 0.3) is 5.91 Å². The number of H-pyrrole nitrogens is 1. The summed E-state index contributed by atoms with van der Waals surface area (Å²) in [6.45, 7) is 3.03. The Balaban J connectivity index is 1.86. The molecule has 1 aromatic heterocycles. The number of aromatic nitrogens is 1. The molecule has 1 aliphatic heterocycles. The fourth-order valence-electron chi connectivity index (χ4n) is 2.10. The predicted molar refractivity (Wildman–Crippen MR) is 71.6 cm³/mol. The lowest BCUT2D eigenvalue weighted by molar-refractivity contribution is -0.122. The Hall–Kier alpha value is -2.02. The molecule has 0 saturated carbocycles. The van der Waals surface area contributed by atoms with Gasteiger partial charge >= 0.3 is 0 Å². The minimum Gasteiger partial charge on any atom is -0.397 e. The number of nitrogen functional groups attached to an aromatic ring is 1. The standard InChI is InChI=1S/C12H19N5O2/c1-14-11(18)8-16-2-4-17(5-3-16)12(19)10-6-9(13)7-15-10/h6-7,15H,2-5,8,13H2,1H3,(H,14,18). The molecule has 4 N–H and O–H groups in total. The van der Waals surface area contributed by atoms with Gasteiger partial charge in [0.2, 0.25) is 5.91 Å². The summed E-state index contributed by atoms with van der Waals surface area (Å²) in [4.78, 5) is 30.1. The highest BCUT2D eigenvalue weighted by molar-refractivity contribution is 5.93. The molecule has 0 bridgehead atoms. The van der Waals surface area contributed by atoms with E-state index in [0.717, 1.165) is 0 Å². The Bertz CT molecular complexity index is 462. The van der Waals surface area contributed by atoms with Gasteiger partial charge in [-0.3, -0.25) is 14.5 Å². The molecule has 19 heavy (non-hydrogen) atoms. The van der Waals surface area contributed by atoms with Crippen LogP contribution < -0.4 is 11.1 Å². The first-order valence-corrected chi connectivity index (χ1v) is 6.26. The maximum atomic E-state index is 12.1. The van der Waals surface area contributed by atoms with Crippen molar-refractivity contribution < 1.29 is 9.59 Å². The zero-order valence-corrected chi connectivity index (χ0v) is 11.0. The SMILES string of the molecule is CNC(=O)CN1CCN(C(=O)c2cc(N)c[nH]2)CC1. The molecule has 2 heterocycles. The topological polar surface area (TPSA) is 94.5 Å². The summed E-state index contributed by atoms with van der Waals surface area (Å²) < 4.78 is 0. The number of piperazine rings is 1. The number of amides is 2. The number of hydrogen-bond donors (Lipinski definition) is 3. The number of likely N-dealkylation sites (N-methyl/N-ethyl adjacent to an activating group) is 1. The van der Waals surface area contributed by atoms with Gasteiger partial charge in [0.15, 0.2) is 0 Å². The summed E-state index contributed by atoms with van der Waals surface area (Å²) in [7, 11) is 1.62. The minimum atomic E-state index is -0.0451. The molecule has 1 fully saturated rings. The van der Waals surface area contributed by atoms with Crippen LogP contribution in [-0.2, 0) is 4.79 Å². The smallest absolute Gasteiger partial charge is 0.270 e. The highest BCUT2D eigenvalue weighted by Crippen LogP contribution is 2.10. The Kier molecular flexibility index (Phi) is 4.06. The third kappa shape index (κ3) is 3.25. The van der Waals surface area contributed by atoms with E-state index in [1.807, 2.05) is 4.90 Å². The van der Waals surface area contributed by atoms with Crippen molar-refractivity contribution in [2.45, 2.75) is 0 Å². The maximum absolute atomic E-state index is 12.1. The van der Waals surface area contributed by atoms with E-state index in [1.165, 1.54) is 0 Å². The van der Waals surface area contributed by atoms with E-state index in [2.05, 4.69) is 10.3 Å². The second-order valence-electron chi connectivity index (χ2n) is 4.59. The Morgan fingerprint density at radius 2 is 2.05 bits per heavy atom. The van der Waals surface area contributed by atoms with Gasteiger partial charge in [-0.25, -0.2) is 0 Å². The van der Waals surface area contributed by atoms with Crippen molar-refractivity contribution in [1.29, 1.82) is 0 Å². The van der Waals surface area contributed by atoms with Crippen molar-refractivity contribution >= 4 is 17.5 Å². The van der Waals surface area contributed by atoms with Gasteiger partial charge in [0.05, 0.1) is 6.54 Å². The van der Waals surface area contributed by atoms with Crippen molar-refractivity contribution in [3.05, 3.63) is 18.0 Å². The number of carbonyl (C=O) groups is 2. The summed E-state index contributed by atoms with van der Waals surface area (Å²) in [5.74, 6) is -0.0480. The summed E-state index contributed by atoms with van der Waals surface area (Å²) in [6, 6.07) is 1.64. The number of nitrogens with two attached hydrogens (primary N) is 1. The molecule has 7 heteroatoms. The zero-order valence-electron chi connectivity index (χ0n) is 11.0. The summed E-state index contributed by atoms with van der Waals surface area (Å²) in [6.07, 6.45) is 1.61.